The molecule has 0 aromatic heterocycles. The van der Waals surface area contributed by atoms with Gasteiger partial charge in [0.15, 0.2) is 0 Å². The van der Waals surface area contributed by atoms with E-state index in [1.807, 2.05) is 0 Å². The lowest BCUT2D eigenvalue weighted by Gasteiger charge is -2.29. The number of hydrogen-bond donors (Lipinski definition) is 0. The maximum Gasteiger partial charge on any atom is 0.0868 e. The zero-order valence-corrected chi connectivity index (χ0v) is 10.6. The number of rotatable bonds is 5. The molecule has 0 spiro atoms. The SMILES string of the molecule is CC(C1CC1)N(CC#N)CCC(C)(C)C. The Morgan fingerprint density at radius 3 is 2.40 bits per heavy atom. The van der Waals surface area contributed by atoms with Gasteiger partial charge in [-0.25, -0.2) is 0 Å². The zero-order chi connectivity index (χ0) is 11.5. The third kappa shape index (κ3) is 4.66. The molecule has 0 aromatic carbocycles. The maximum absolute atomic E-state index is 8.83. The number of nitriles is 1. The van der Waals surface area contributed by atoms with E-state index in [4.69, 9.17) is 5.26 Å². The van der Waals surface area contributed by atoms with E-state index in [0.717, 1.165) is 12.5 Å². The molecule has 2 nitrogen and oxygen atoms in total. The molecule has 1 aliphatic carbocycles. The van der Waals surface area contributed by atoms with Gasteiger partial charge < -0.3 is 0 Å². The van der Waals surface area contributed by atoms with E-state index in [9.17, 15) is 0 Å². The predicted octanol–water partition coefficient (Wildman–Crippen LogP) is 3.05. The van der Waals surface area contributed by atoms with Crippen LogP contribution in [0, 0.1) is 22.7 Å². The predicted molar refractivity (Wildman–Crippen MR) is 63.4 cm³/mol. The molecule has 2 heteroatoms. The minimum absolute atomic E-state index is 0.372. The van der Waals surface area contributed by atoms with Crippen molar-refractivity contribution in [3.8, 4) is 6.07 Å². The van der Waals surface area contributed by atoms with Crippen LogP contribution >= 0.6 is 0 Å². The van der Waals surface area contributed by atoms with Crippen LogP contribution in [0.15, 0.2) is 0 Å². The van der Waals surface area contributed by atoms with Crippen molar-refractivity contribution < 1.29 is 0 Å². The van der Waals surface area contributed by atoms with Gasteiger partial charge in [0.05, 0.1) is 12.6 Å². The smallest absolute Gasteiger partial charge is 0.0868 e. The molecule has 0 N–H and O–H groups in total. The molecule has 0 aliphatic heterocycles. The van der Waals surface area contributed by atoms with E-state index in [1.54, 1.807) is 0 Å². The molecule has 0 bridgehead atoms. The van der Waals surface area contributed by atoms with Crippen molar-refractivity contribution in [2.24, 2.45) is 11.3 Å². The minimum Gasteiger partial charge on any atom is -0.288 e. The van der Waals surface area contributed by atoms with Crippen molar-refractivity contribution in [2.75, 3.05) is 13.1 Å². The van der Waals surface area contributed by atoms with Crippen molar-refractivity contribution in [2.45, 2.75) is 53.0 Å². The van der Waals surface area contributed by atoms with Crippen LogP contribution in [-0.2, 0) is 0 Å². The monoisotopic (exact) mass is 208 g/mol. The van der Waals surface area contributed by atoms with Crippen molar-refractivity contribution in [1.82, 2.24) is 4.90 Å². The minimum atomic E-state index is 0.372. The normalized spacial score (nSPS) is 18.9. The zero-order valence-electron chi connectivity index (χ0n) is 10.6. The van der Waals surface area contributed by atoms with Crippen molar-refractivity contribution in [3.63, 3.8) is 0 Å². The summed E-state index contributed by atoms with van der Waals surface area (Å²) in [6.07, 6.45) is 3.89. The molecule has 1 saturated carbocycles. The second kappa shape index (κ2) is 4.99. The molecule has 1 aliphatic rings. The molecule has 0 aromatic rings. The van der Waals surface area contributed by atoms with Crippen LogP contribution in [0.1, 0.15) is 47.0 Å². The first-order valence-electron chi connectivity index (χ1n) is 6.05. The molecule has 1 unspecified atom stereocenters. The molecular formula is C13H24N2. The van der Waals surface area contributed by atoms with Gasteiger partial charge in [0, 0.05) is 6.04 Å². The van der Waals surface area contributed by atoms with Crippen LogP contribution in [0.4, 0.5) is 0 Å². The summed E-state index contributed by atoms with van der Waals surface area (Å²) in [5.41, 5.74) is 0.372. The molecule has 1 atom stereocenters. The summed E-state index contributed by atoms with van der Waals surface area (Å²) in [6, 6.07) is 2.90. The Balaban J connectivity index is 2.39. The first kappa shape index (κ1) is 12.5. The molecule has 0 saturated heterocycles. The van der Waals surface area contributed by atoms with Gasteiger partial charge in [-0.2, -0.15) is 5.26 Å². The van der Waals surface area contributed by atoms with E-state index in [-0.39, 0.29) is 0 Å². The van der Waals surface area contributed by atoms with Crippen molar-refractivity contribution in [3.05, 3.63) is 0 Å². The summed E-state index contributed by atoms with van der Waals surface area (Å²) >= 11 is 0. The van der Waals surface area contributed by atoms with Gasteiger partial charge in [-0.1, -0.05) is 20.8 Å². The quantitative estimate of drug-likeness (QED) is 0.649. The fourth-order valence-corrected chi connectivity index (χ4v) is 1.87. The maximum atomic E-state index is 8.83. The van der Waals surface area contributed by atoms with Crippen LogP contribution < -0.4 is 0 Å². The van der Waals surface area contributed by atoms with E-state index < -0.39 is 0 Å². The highest BCUT2D eigenvalue weighted by atomic mass is 15.2. The van der Waals surface area contributed by atoms with Crippen LogP contribution in [0.3, 0.4) is 0 Å². The van der Waals surface area contributed by atoms with Gasteiger partial charge in [0.25, 0.3) is 0 Å². The summed E-state index contributed by atoms with van der Waals surface area (Å²) in [4.78, 5) is 2.35. The van der Waals surface area contributed by atoms with Crippen LogP contribution in [-0.4, -0.2) is 24.0 Å². The average Bonchev–Trinajstić information content (AvgIpc) is 2.92. The first-order chi connectivity index (χ1) is 6.94. The Kier molecular flexibility index (Phi) is 4.16. The van der Waals surface area contributed by atoms with Gasteiger partial charge in [0.2, 0.25) is 0 Å². The van der Waals surface area contributed by atoms with Gasteiger partial charge >= 0.3 is 0 Å². The largest absolute Gasteiger partial charge is 0.288 e. The number of nitrogens with zero attached hydrogens (tertiary/aromatic N) is 2. The van der Waals surface area contributed by atoms with Gasteiger partial charge in [-0.15, -0.1) is 0 Å². The Hall–Kier alpha value is -0.550. The van der Waals surface area contributed by atoms with E-state index in [0.29, 0.717) is 18.0 Å². The lowest BCUT2D eigenvalue weighted by molar-refractivity contribution is 0.183. The number of hydrogen-bond acceptors (Lipinski definition) is 2. The highest BCUT2D eigenvalue weighted by Gasteiger charge is 2.32. The average molecular weight is 208 g/mol. The fourth-order valence-electron chi connectivity index (χ4n) is 1.87. The molecule has 15 heavy (non-hydrogen) atoms. The summed E-state index contributed by atoms with van der Waals surface area (Å²) in [7, 11) is 0. The van der Waals surface area contributed by atoms with Crippen LogP contribution in [0.25, 0.3) is 0 Å². The Morgan fingerprint density at radius 1 is 1.40 bits per heavy atom. The second-order valence-electron chi connectivity index (χ2n) is 6.02. The van der Waals surface area contributed by atoms with Gasteiger partial charge in [-0.05, 0) is 44.1 Å². The van der Waals surface area contributed by atoms with E-state index in [1.165, 1.54) is 19.3 Å². The lowest BCUT2D eigenvalue weighted by atomic mass is 9.92. The molecule has 1 fully saturated rings. The van der Waals surface area contributed by atoms with Crippen molar-refractivity contribution in [1.29, 1.82) is 5.26 Å². The topological polar surface area (TPSA) is 27.0 Å². The Labute approximate surface area is 94.3 Å². The summed E-state index contributed by atoms with van der Waals surface area (Å²) in [5.74, 6) is 0.860. The highest BCUT2D eigenvalue weighted by Crippen LogP contribution is 2.35. The molecule has 0 heterocycles. The van der Waals surface area contributed by atoms with Crippen molar-refractivity contribution >= 4 is 0 Å². The van der Waals surface area contributed by atoms with Gasteiger partial charge in [-0.3, -0.25) is 4.90 Å². The summed E-state index contributed by atoms with van der Waals surface area (Å²) in [6.45, 7) is 10.7. The molecule has 0 radical (unpaired) electrons. The van der Waals surface area contributed by atoms with E-state index in [2.05, 4.69) is 38.7 Å². The standard InChI is InChI=1S/C13H24N2/c1-11(12-5-6-12)15(10-8-14)9-7-13(2,3)4/h11-12H,5-7,9-10H2,1-4H3. The fraction of sp³-hybridized carbons (Fsp3) is 0.923. The molecular weight excluding hydrogens is 184 g/mol. The lowest BCUT2D eigenvalue weighted by Crippen LogP contribution is -2.37. The Bertz CT molecular complexity index is 230. The second-order valence-corrected chi connectivity index (χ2v) is 6.02. The molecule has 86 valence electrons. The molecule has 0 amide bonds. The first-order valence-corrected chi connectivity index (χ1v) is 6.05. The van der Waals surface area contributed by atoms with Crippen LogP contribution in [0.5, 0.6) is 0 Å². The third-order valence-corrected chi connectivity index (χ3v) is 3.30. The summed E-state index contributed by atoms with van der Waals surface area (Å²) in [5, 5.41) is 8.83. The summed E-state index contributed by atoms with van der Waals surface area (Å²) < 4.78 is 0. The van der Waals surface area contributed by atoms with E-state index >= 15 is 0 Å². The third-order valence-electron chi connectivity index (χ3n) is 3.30. The molecule has 1 rings (SSSR count). The van der Waals surface area contributed by atoms with Gasteiger partial charge in [0.1, 0.15) is 0 Å². The highest BCUT2D eigenvalue weighted by molar-refractivity contribution is 4.89. The van der Waals surface area contributed by atoms with Crippen LogP contribution in [0.2, 0.25) is 0 Å². The Morgan fingerprint density at radius 2 is 2.00 bits per heavy atom.